The summed E-state index contributed by atoms with van der Waals surface area (Å²) in [5, 5.41) is 11.3. The van der Waals surface area contributed by atoms with E-state index in [0.29, 0.717) is 11.9 Å². The second kappa shape index (κ2) is 6.31. The SMILES string of the molecule is O=S(=O)(Nc1ccc(NC2CCCC2)nn1)c1ccccc1. The Morgan fingerprint density at radius 2 is 1.55 bits per heavy atom. The van der Waals surface area contributed by atoms with E-state index in [0.717, 1.165) is 12.8 Å². The van der Waals surface area contributed by atoms with E-state index in [1.54, 1.807) is 30.3 Å². The Kier molecular flexibility index (Phi) is 4.24. The molecule has 22 heavy (non-hydrogen) atoms. The summed E-state index contributed by atoms with van der Waals surface area (Å²) in [6, 6.07) is 12.0. The highest BCUT2D eigenvalue weighted by molar-refractivity contribution is 7.92. The van der Waals surface area contributed by atoms with Gasteiger partial charge in [-0.25, -0.2) is 8.42 Å². The first-order valence-electron chi connectivity index (χ1n) is 7.32. The molecule has 1 saturated carbocycles. The van der Waals surface area contributed by atoms with Gasteiger partial charge in [0.05, 0.1) is 4.90 Å². The zero-order chi connectivity index (χ0) is 15.4. The quantitative estimate of drug-likeness (QED) is 0.885. The van der Waals surface area contributed by atoms with E-state index in [1.807, 2.05) is 0 Å². The van der Waals surface area contributed by atoms with Crippen LogP contribution in [0.25, 0.3) is 0 Å². The van der Waals surface area contributed by atoms with Crippen molar-refractivity contribution in [1.29, 1.82) is 0 Å². The van der Waals surface area contributed by atoms with Gasteiger partial charge >= 0.3 is 0 Å². The fourth-order valence-corrected chi connectivity index (χ4v) is 3.56. The van der Waals surface area contributed by atoms with E-state index >= 15 is 0 Å². The van der Waals surface area contributed by atoms with Crippen LogP contribution < -0.4 is 10.0 Å². The number of benzene rings is 1. The Bertz CT molecular complexity index is 711. The molecule has 3 rings (SSSR count). The van der Waals surface area contributed by atoms with Gasteiger partial charge in [-0.15, -0.1) is 10.2 Å². The maximum absolute atomic E-state index is 12.2. The molecular formula is C15H18N4O2S. The fourth-order valence-electron chi connectivity index (χ4n) is 2.54. The molecule has 1 heterocycles. The molecule has 116 valence electrons. The van der Waals surface area contributed by atoms with Crippen molar-refractivity contribution in [2.75, 3.05) is 10.0 Å². The largest absolute Gasteiger partial charge is 0.366 e. The van der Waals surface area contributed by atoms with Crippen LogP contribution in [-0.4, -0.2) is 24.7 Å². The zero-order valence-electron chi connectivity index (χ0n) is 12.1. The lowest BCUT2D eigenvalue weighted by molar-refractivity contribution is 0.601. The van der Waals surface area contributed by atoms with Crippen molar-refractivity contribution < 1.29 is 8.42 Å². The van der Waals surface area contributed by atoms with Gasteiger partial charge in [0, 0.05) is 6.04 Å². The van der Waals surface area contributed by atoms with Gasteiger partial charge in [-0.3, -0.25) is 4.72 Å². The topological polar surface area (TPSA) is 84.0 Å². The summed E-state index contributed by atoms with van der Waals surface area (Å²) in [5.74, 6) is 0.885. The average Bonchev–Trinajstić information content (AvgIpc) is 3.03. The fraction of sp³-hybridized carbons (Fsp3) is 0.333. The summed E-state index contributed by atoms with van der Waals surface area (Å²) < 4.78 is 26.8. The number of aromatic nitrogens is 2. The minimum absolute atomic E-state index is 0.199. The van der Waals surface area contributed by atoms with E-state index in [-0.39, 0.29) is 10.7 Å². The molecule has 1 aliphatic carbocycles. The van der Waals surface area contributed by atoms with E-state index in [9.17, 15) is 8.42 Å². The first-order valence-corrected chi connectivity index (χ1v) is 8.80. The molecule has 1 fully saturated rings. The summed E-state index contributed by atoms with van der Waals surface area (Å²) in [6.45, 7) is 0. The first-order chi connectivity index (χ1) is 10.6. The number of anilines is 2. The Morgan fingerprint density at radius 1 is 0.909 bits per heavy atom. The third kappa shape index (κ3) is 3.54. The van der Waals surface area contributed by atoms with E-state index in [2.05, 4.69) is 20.2 Å². The molecule has 0 spiro atoms. The molecule has 0 amide bonds. The smallest absolute Gasteiger partial charge is 0.263 e. The number of hydrogen-bond acceptors (Lipinski definition) is 5. The summed E-state index contributed by atoms with van der Waals surface area (Å²) >= 11 is 0. The van der Waals surface area contributed by atoms with E-state index < -0.39 is 10.0 Å². The summed E-state index contributed by atoms with van der Waals surface area (Å²) in [7, 11) is -3.62. The average molecular weight is 318 g/mol. The second-order valence-corrected chi connectivity index (χ2v) is 7.03. The van der Waals surface area contributed by atoms with Crippen LogP contribution in [0.2, 0.25) is 0 Å². The molecule has 0 bridgehead atoms. The van der Waals surface area contributed by atoms with Crippen molar-refractivity contribution in [3.63, 3.8) is 0 Å². The summed E-state index contributed by atoms with van der Waals surface area (Å²) in [6.07, 6.45) is 4.76. The Hall–Kier alpha value is -2.15. The predicted molar refractivity (Wildman–Crippen MR) is 85.2 cm³/mol. The van der Waals surface area contributed by atoms with Crippen LogP contribution >= 0.6 is 0 Å². The molecule has 0 aliphatic heterocycles. The molecular weight excluding hydrogens is 300 g/mol. The van der Waals surface area contributed by atoms with Crippen molar-refractivity contribution in [1.82, 2.24) is 10.2 Å². The maximum atomic E-state index is 12.2. The third-order valence-corrected chi connectivity index (χ3v) is 5.03. The van der Waals surface area contributed by atoms with Gasteiger partial charge in [-0.1, -0.05) is 31.0 Å². The maximum Gasteiger partial charge on any atom is 0.263 e. The lowest BCUT2D eigenvalue weighted by Crippen LogP contribution is -2.17. The van der Waals surface area contributed by atoms with Gasteiger partial charge in [0.1, 0.15) is 5.82 Å². The lowest BCUT2D eigenvalue weighted by Gasteiger charge is -2.12. The van der Waals surface area contributed by atoms with Gasteiger partial charge in [-0.05, 0) is 37.1 Å². The van der Waals surface area contributed by atoms with Crippen molar-refractivity contribution in [3.8, 4) is 0 Å². The minimum Gasteiger partial charge on any atom is -0.366 e. The van der Waals surface area contributed by atoms with Crippen molar-refractivity contribution >= 4 is 21.7 Å². The number of sulfonamides is 1. The highest BCUT2D eigenvalue weighted by Gasteiger charge is 2.16. The normalized spacial score (nSPS) is 15.6. The Morgan fingerprint density at radius 3 is 2.18 bits per heavy atom. The Balaban J connectivity index is 1.68. The van der Waals surface area contributed by atoms with E-state index in [4.69, 9.17) is 0 Å². The molecule has 7 heteroatoms. The van der Waals surface area contributed by atoms with Crippen LogP contribution in [0.15, 0.2) is 47.4 Å². The van der Waals surface area contributed by atoms with Crippen LogP contribution in [-0.2, 0) is 10.0 Å². The molecule has 0 saturated heterocycles. The standard InChI is InChI=1S/C15H18N4O2S/c20-22(21,13-8-2-1-3-9-13)19-15-11-10-14(17-18-15)16-12-6-4-5-7-12/h1-3,8-12H,4-7H2,(H,16,17)(H,18,19). The molecule has 1 aromatic carbocycles. The predicted octanol–water partition coefficient (Wildman–Crippen LogP) is 2.63. The zero-order valence-corrected chi connectivity index (χ0v) is 12.9. The third-order valence-electron chi connectivity index (χ3n) is 3.66. The molecule has 0 atom stereocenters. The number of rotatable bonds is 5. The van der Waals surface area contributed by atoms with Crippen LogP contribution in [0.3, 0.4) is 0 Å². The van der Waals surface area contributed by atoms with Crippen LogP contribution in [0.5, 0.6) is 0 Å². The van der Waals surface area contributed by atoms with Gasteiger partial charge in [-0.2, -0.15) is 0 Å². The van der Waals surface area contributed by atoms with Crippen LogP contribution in [0.1, 0.15) is 25.7 Å². The highest BCUT2D eigenvalue weighted by atomic mass is 32.2. The first kappa shape index (κ1) is 14.8. The number of nitrogens with zero attached hydrogens (tertiary/aromatic N) is 2. The van der Waals surface area contributed by atoms with E-state index in [1.165, 1.54) is 25.0 Å². The minimum atomic E-state index is -3.62. The summed E-state index contributed by atoms with van der Waals surface area (Å²) in [5.41, 5.74) is 0. The molecule has 0 unspecified atom stereocenters. The van der Waals surface area contributed by atoms with Gasteiger partial charge < -0.3 is 5.32 Å². The van der Waals surface area contributed by atoms with Crippen molar-refractivity contribution in [2.24, 2.45) is 0 Å². The van der Waals surface area contributed by atoms with Crippen molar-refractivity contribution in [2.45, 2.75) is 36.6 Å². The molecule has 2 N–H and O–H groups in total. The molecule has 1 aromatic heterocycles. The van der Waals surface area contributed by atoms with Crippen LogP contribution in [0, 0.1) is 0 Å². The lowest BCUT2D eigenvalue weighted by atomic mass is 10.2. The molecule has 1 aliphatic rings. The van der Waals surface area contributed by atoms with Gasteiger partial charge in [0.15, 0.2) is 5.82 Å². The molecule has 6 nitrogen and oxygen atoms in total. The molecule has 0 radical (unpaired) electrons. The monoisotopic (exact) mass is 318 g/mol. The van der Waals surface area contributed by atoms with Crippen molar-refractivity contribution in [3.05, 3.63) is 42.5 Å². The second-order valence-electron chi connectivity index (χ2n) is 5.35. The van der Waals surface area contributed by atoms with Gasteiger partial charge in [0.2, 0.25) is 0 Å². The number of hydrogen-bond donors (Lipinski definition) is 2. The van der Waals surface area contributed by atoms with Crippen LogP contribution in [0.4, 0.5) is 11.6 Å². The highest BCUT2D eigenvalue weighted by Crippen LogP contribution is 2.21. The molecule has 2 aromatic rings. The summed E-state index contributed by atoms with van der Waals surface area (Å²) in [4.78, 5) is 0.199. The number of nitrogens with one attached hydrogen (secondary N) is 2. The Labute approximate surface area is 130 Å². The van der Waals surface area contributed by atoms with Gasteiger partial charge in [0.25, 0.3) is 10.0 Å².